The number of nitrogens with two attached hydrogens (primary N) is 1. The quantitative estimate of drug-likeness (QED) is 0.681. The third kappa shape index (κ3) is 6.20. The maximum Gasteiger partial charge on any atom is 0.237 e. The topological polar surface area (TPSA) is 55.1 Å². The van der Waals surface area contributed by atoms with E-state index in [0.717, 1.165) is 38.6 Å². The van der Waals surface area contributed by atoms with Gasteiger partial charge in [-0.1, -0.05) is 57.0 Å². The Kier molecular flexibility index (Phi) is 7.97. The third-order valence-electron chi connectivity index (χ3n) is 3.84. The van der Waals surface area contributed by atoms with Crippen LogP contribution in [0.4, 0.5) is 0 Å². The molecule has 2 unspecified atom stereocenters. The van der Waals surface area contributed by atoms with E-state index < -0.39 is 0 Å². The van der Waals surface area contributed by atoms with E-state index in [0.29, 0.717) is 0 Å². The SMILES string of the molecule is CCC(C)C(N)C(=O)NCCCCCc1ccccc1. The molecule has 0 aliphatic rings. The molecule has 3 heteroatoms. The van der Waals surface area contributed by atoms with Crippen molar-refractivity contribution in [2.45, 2.75) is 52.0 Å². The van der Waals surface area contributed by atoms with E-state index in [9.17, 15) is 4.79 Å². The molecule has 0 fully saturated rings. The highest BCUT2D eigenvalue weighted by molar-refractivity contribution is 5.81. The van der Waals surface area contributed by atoms with E-state index in [1.54, 1.807) is 0 Å². The Morgan fingerprint density at radius 2 is 1.90 bits per heavy atom. The zero-order valence-electron chi connectivity index (χ0n) is 12.8. The lowest BCUT2D eigenvalue weighted by atomic mass is 9.99. The minimum Gasteiger partial charge on any atom is -0.355 e. The Labute approximate surface area is 122 Å². The van der Waals surface area contributed by atoms with Crippen molar-refractivity contribution < 1.29 is 4.79 Å². The molecule has 20 heavy (non-hydrogen) atoms. The van der Waals surface area contributed by atoms with Crippen LogP contribution in [0, 0.1) is 5.92 Å². The zero-order valence-corrected chi connectivity index (χ0v) is 12.8. The zero-order chi connectivity index (χ0) is 14.8. The molecule has 0 aliphatic heterocycles. The highest BCUT2D eigenvalue weighted by Gasteiger charge is 2.18. The molecule has 0 spiro atoms. The minimum absolute atomic E-state index is 0.0117. The molecule has 0 aromatic heterocycles. The van der Waals surface area contributed by atoms with Crippen LogP contribution in [0.1, 0.15) is 45.1 Å². The van der Waals surface area contributed by atoms with Gasteiger partial charge in [0, 0.05) is 6.54 Å². The highest BCUT2D eigenvalue weighted by atomic mass is 16.2. The molecule has 3 N–H and O–H groups in total. The first-order chi connectivity index (χ1) is 9.65. The van der Waals surface area contributed by atoms with Gasteiger partial charge in [0.05, 0.1) is 6.04 Å². The van der Waals surface area contributed by atoms with Crippen molar-refractivity contribution >= 4 is 5.91 Å². The molecule has 0 radical (unpaired) electrons. The Bertz CT molecular complexity index is 378. The van der Waals surface area contributed by atoms with Gasteiger partial charge in [0.25, 0.3) is 0 Å². The summed E-state index contributed by atoms with van der Waals surface area (Å²) >= 11 is 0. The Morgan fingerprint density at radius 3 is 2.55 bits per heavy atom. The van der Waals surface area contributed by atoms with Crippen molar-refractivity contribution in [3.05, 3.63) is 35.9 Å². The summed E-state index contributed by atoms with van der Waals surface area (Å²) in [5.41, 5.74) is 7.26. The predicted molar refractivity (Wildman–Crippen MR) is 84.4 cm³/mol. The van der Waals surface area contributed by atoms with Gasteiger partial charge in [0.2, 0.25) is 5.91 Å². The summed E-state index contributed by atoms with van der Waals surface area (Å²) < 4.78 is 0. The van der Waals surface area contributed by atoms with Gasteiger partial charge in [0.1, 0.15) is 0 Å². The van der Waals surface area contributed by atoms with Crippen LogP contribution in [0.25, 0.3) is 0 Å². The number of benzene rings is 1. The molecule has 1 rings (SSSR count). The van der Waals surface area contributed by atoms with Gasteiger partial charge in [-0.05, 0) is 30.7 Å². The van der Waals surface area contributed by atoms with Crippen molar-refractivity contribution in [3.63, 3.8) is 0 Å². The van der Waals surface area contributed by atoms with Gasteiger partial charge in [-0.25, -0.2) is 0 Å². The van der Waals surface area contributed by atoms with Gasteiger partial charge in [-0.2, -0.15) is 0 Å². The Morgan fingerprint density at radius 1 is 1.20 bits per heavy atom. The van der Waals surface area contributed by atoms with Crippen LogP contribution in [0.2, 0.25) is 0 Å². The smallest absolute Gasteiger partial charge is 0.237 e. The average molecular weight is 276 g/mol. The molecule has 0 aliphatic carbocycles. The first-order valence-electron chi connectivity index (χ1n) is 7.72. The molecule has 2 atom stereocenters. The number of aryl methyl sites for hydroxylation is 1. The predicted octanol–water partition coefficient (Wildman–Crippen LogP) is 2.89. The van der Waals surface area contributed by atoms with Crippen molar-refractivity contribution in [1.29, 1.82) is 0 Å². The molecular formula is C17H28N2O. The molecule has 112 valence electrons. The molecule has 1 aromatic rings. The van der Waals surface area contributed by atoms with E-state index in [1.165, 1.54) is 5.56 Å². The fourth-order valence-corrected chi connectivity index (χ4v) is 2.12. The fourth-order valence-electron chi connectivity index (χ4n) is 2.12. The van der Waals surface area contributed by atoms with E-state index in [-0.39, 0.29) is 17.9 Å². The van der Waals surface area contributed by atoms with Crippen LogP contribution in [-0.4, -0.2) is 18.5 Å². The second-order valence-corrected chi connectivity index (χ2v) is 5.50. The van der Waals surface area contributed by atoms with Gasteiger partial charge in [-0.3, -0.25) is 4.79 Å². The fraction of sp³-hybridized carbons (Fsp3) is 0.588. The summed E-state index contributed by atoms with van der Waals surface area (Å²) in [5.74, 6) is 0.232. The molecular weight excluding hydrogens is 248 g/mol. The lowest BCUT2D eigenvalue weighted by Gasteiger charge is -2.17. The first-order valence-corrected chi connectivity index (χ1v) is 7.72. The monoisotopic (exact) mass is 276 g/mol. The Hall–Kier alpha value is -1.35. The van der Waals surface area contributed by atoms with Gasteiger partial charge in [0.15, 0.2) is 0 Å². The number of hydrogen-bond donors (Lipinski definition) is 2. The number of unbranched alkanes of at least 4 members (excludes halogenated alkanes) is 2. The summed E-state index contributed by atoms with van der Waals surface area (Å²) in [6.45, 7) is 4.81. The summed E-state index contributed by atoms with van der Waals surface area (Å²) in [7, 11) is 0. The lowest BCUT2D eigenvalue weighted by molar-refractivity contribution is -0.123. The number of nitrogens with one attached hydrogen (secondary N) is 1. The van der Waals surface area contributed by atoms with Crippen LogP contribution in [0.5, 0.6) is 0 Å². The van der Waals surface area contributed by atoms with E-state index >= 15 is 0 Å². The van der Waals surface area contributed by atoms with Crippen LogP contribution < -0.4 is 11.1 Å². The summed E-state index contributed by atoms with van der Waals surface area (Å²) in [4.78, 5) is 11.8. The molecule has 0 saturated carbocycles. The molecule has 0 saturated heterocycles. The molecule has 3 nitrogen and oxygen atoms in total. The van der Waals surface area contributed by atoms with Crippen LogP contribution >= 0.6 is 0 Å². The lowest BCUT2D eigenvalue weighted by Crippen LogP contribution is -2.44. The number of hydrogen-bond acceptors (Lipinski definition) is 2. The highest BCUT2D eigenvalue weighted by Crippen LogP contribution is 2.07. The number of carbonyl (C=O) groups is 1. The van der Waals surface area contributed by atoms with Crippen LogP contribution in [0.15, 0.2) is 30.3 Å². The van der Waals surface area contributed by atoms with Gasteiger partial charge < -0.3 is 11.1 Å². The minimum atomic E-state index is -0.371. The Balaban J connectivity index is 2.06. The maximum absolute atomic E-state index is 11.8. The summed E-state index contributed by atoms with van der Waals surface area (Å²) in [6.07, 6.45) is 5.36. The van der Waals surface area contributed by atoms with Crippen LogP contribution in [0.3, 0.4) is 0 Å². The third-order valence-corrected chi connectivity index (χ3v) is 3.84. The van der Waals surface area contributed by atoms with Crippen molar-refractivity contribution in [1.82, 2.24) is 5.32 Å². The van der Waals surface area contributed by atoms with Gasteiger partial charge >= 0.3 is 0 Å². The van der Waals surface area contributed by atoms with E-state index in [2.05, 4.69) is 36.5 Å². The summed E-state index contributed by atoms with van der Waals surface area (Å²) in [5, 5.41) is 2.93. The van der Waals surface area contributed by atoms with Crippen LogP contribution in [-0.2, 0) is 11.2 Å². The number of carbonyl (C=O) groups excluding carboxylic acids is 1. The average Bonchev–Trinajstić information content (AvgIpc) is 2.49. The maximum atomic E-state index is 11.8. The standard InChI is InChI=1S/C17H28N2O/c1-3-14(2)16(18)17(20)19-13-9-5-8-12-15-10-6-4-7-11-15/h4,6-7,10-11,14,16H,3,5,8-9,12-13,18H2,1-2H3,(H,19,20). The van der Waals surface area contributed by atoms with Crippen molar-refractivity contribution in [2.75, 3.05) is 6.54 Å². The molecule has 1 amide bonds. The second-order valence-electron chi connectivity index (χ2n) is 5.50. The molecule has 0 heterocycles. The van der Waals surface area contributed by atoms with Crippen molar-refractivity contribution in [3.8, 4) is 0 Å². The molecule has 0 bridgehead atoms. The number of rotatable bonds is 9. The first kappa shape index (κ1) is 16.7. The van der Waals surface area contributed by atoms with E-state index in [1.807, 2.05) is 13.0 Å². The normalized spacial score (nSPS) is 13.8. The van der Waals surface area contributed by atoms with Crippen molar-refractivity contribution in [2.24, 2.45) is 11.7 Å². The number of amides is 1. The molecule has 1 aromatic carbocycles. The largest absolute Gasteiger partial charge is 0.355 e. The summed E-state index contributed by atoms with van der Waals surface area (Å²) in [6, 6.07) is 10.1. The van der Waals surface area contributed by atoms with Gasteiger partial charge in [-0.15, -0.1) is 0 Å². The van der Waals surface area contributed by atoms with E-state index in [4.69, 9.17) is 5.73 Å². The second kappa shape index (κ2) is 9.54.